The lowest BCUT2D eigenvalue weighted by molar-refractivity contribution is -0.845. The van der Waals surface area contributed by atoms with Gasteiger partial charge in [-0.2, -0.15) is 0 Å². The summed E-state index contributed by atoms with van der Waals surface area (Å²) in [6.45, 7) is 7.47. The molecule has 4 heterocycles. The molecular weight excluding hydrogens is 418 g/mol. The lowest BCUT2D eigenvalue weighted by atomic mass is 10.0. The van der Waals surface area contributed by atoms with Gasteiger partial charge in [-0.15, -0.1) is 9.58 Å². The van der Waals surface area contributed by atoms with Crippen molar-refractivity contribution in [1.29, 1.82) is 0 Å². The Bertz CT molecular complexity index is 982. The van der Waals surface area contributed by atoms with E-state index in [-0.39, 0.29) is 5.78 Å². The Morgan fingerprint density at radius 2 is 1.94 bits per heavy atom. The average Bonchev–Trinajstić information content (AvgIpc) is 3.17. The fraction of sp³-hybridized carbons (Fsp3) is 0.542. The largest absolute Gasteiger partial charge is 0.378 e. The van der Waals surface area contributed by atoms with Gasteiger partial charge >= 0.3 is 5.96 Å². The quantitative estimate of drug-likeness (QED) is 0.640. The van der Waals surface area contributed by atoms with E-state index in [0.29, 0.717) is 30.9 Å². The third-order valence-corrected chi connectivity index (χ3v) is 6.66. The zero-order valence-electron chi connectivity index (χ0n) is 19.7. The first kappa shape index (κ1) is 22.2. The van der Waals surface area contributed by atoms with Crippen LogP contribution in [0.1, 0.15) is 12.0 Å². The van der Waals surface area contributed by atoms with Gasteiger partial charge in [-0.3, -0.25) is 15.0 Å². The Kier molecular flexibility index (Phi) is 6.29. The van der Waals surface area contributed by atoms with E-state index < -0.39 is 0 Å². The summed E-state index contributed by atoms with van der Waals surface area (Å²) in [5.41, 5.74) is 3.10. The highest BCUT2D eigenvalue weighted by Crippen LogP contribution is 2.30. The van der Waals surface area contributed by atoms with Crippen molar-refractivity contribution in [1.82, 2.24) is 20.0 Å². The Hall–Kier alpha value is -2.59. The van der Waals surface area contributed by atoms with Gasteiger partial charge in [0.2, 0.25) is 0 Å². The number of ether oxygens (including phenoxy) is 1. The van der Waals surface area contributed by atoms with Crippen molar-refractivity contribution in [3.8, 4) is 0 Å². The predicted molar refractivity (Wildman–Crippen MR) is 127 cm³/mol. The Morgan fingerprint density at radius 1 is 1.15 bits per heavy atom. The van der Waals surface area contributed by atoms with Crippen molar-refractivity contribution in [2.45, 2.75) is 13.0 Å². The Morgan fingerprint density at radius 3 is 2.70 bits per heavy atom. The van der Waals surface area contributed by atoms with Crippen molar-refractivity contribution >= 4 is 17.7 Å². The predicted octanol–water partition coefficient (Wildman–Crippen LogP) is 0.670. The number of morpholine rings is 1. The molecule has 0 aliphatic carbocycles. The molecule has 0 amide bonds. The van der Waals surface area contributed by atoms with E-state index in [1.165, 1.54) is 5.56 Å². The van der Waals surface area contributed by atoms with Crippen molar-refractivity contribution in [3.63, 3.8) is 0 Å². The molecule has 0 saturated carbocycles. The molecule has 1 atom stereocenters. The molecule has 9 nitrogen and oxygen atoms in total. The van der Waals surface area contributed by atoms with E-state index in [4.69, 9.17) is 14.8 Å². The van der Waals surface area contributed by atoms with E-state index in [1.54, 1.807) is 0 Å². The number of benzene rings is 1. The smallest absolute Gasteiger partial charge is 0.337 e. The molecule has 33 heavy (non-hydrogen) atoms. The highest BCUT2D eigenvalue weighted by atomic mass is 16.5. The third-order valence-electron chi connectivity index (χ3n) is 6.66. The van der Waals surface area contributed by atoms with Crippen molar-refractivity contribution in [2.24, 2.45) is 10.1 Å². The summed E-state index contributed by atoms with van der Waals surface area (Å²) in [4.78, 5) is 24.6. The molecule has 1 aromatic carbocycles. The first-order chi connectivity index (χ1) is 16.0. The fourth-order valence-corrected chi connectivity index (χ4v) is 5.00. The number of hydrogen-bond donors (Lipinski definition) is 1. The maximum Gasteiger partial charge on any atom is 0.337 e. The number of nitrogens with zero attached hydrogens (tertiary/aromatic N) is 6. The Labute approximate surface area is 195 Å². The number of fused-ring (bicyclic) bond motifs is 1. The summed E-state index contributed by atoms with van der Waals surface area (Å²) in [5.74, 6) is 1.69. The molecule has 5 rings (SSSR count). The highest BCUT2D eigenvalue weighted by Gasteiger charge is 2.49. The SMILES string of the molecule is CN(C)CCC[N+]12CC3=C(NC1=NC(N1CCOCC1)=N2)C(=O)CN(Cc1ccccc1)C3. The second-order valence-corrected chi connectivity index (χ2v) is 9.55. The normalized spacial score (nSPS) is 25.5. The minimum Gasteiger partial charge on any atom is -0.378 e. The number of nitrogens with one attached hydrogen (secondary N) is 1. The van der Waals surface area contributed by atoms with Crippen LogP contribution in [0.25, 0.3) is 0 Å². The topological polar surface area (TPSA) is 72.8 Å². The zero-order valence-corrected chi connectivity index (χ0v) is 19.7. The monoisotopic (exact) mass is 452 g/mol. The van der Waals surface area contributed by atoms with Crippen LogP contribution in [-0.4, -0.2) is 110 Å². The molecule has 1 saturated heterocycles. The third kappa shape index (κ3) is 4.72. The van der Waals surface area contributed by atoms with Crippen LogP contribution >= 0.6 is 0 Å². The van der Waals surface area contributed by atoms with Crippen LogP contribution in [0, 0.1) is 0 Å². The molecule has 176 valence electrons. The summed E-state index contributed by atoms with van der Waals surface area (Å²) in [5, 5.41) is 8.60. The van der Waals surface area contributed by atoms with Crippen LogP contribution in [0.4, 0.5) is 0 Å². The van der Waals surface area contributed by atoms with E-state index in [2.05, 4.69) is 46.2 Å². The molecule has 1 aromatic rings. The summed E-state index contributed by atoms with van der Waals surface area (Å²) < 4.78 is 5.94. The molecule has 1 unspecified atom stereocenters. The van der Waals surface area contributed by atoms with Gasteiger partial charge in [0.1, 0.15) is 13.1 Å². The first-order valence-electron chi connectivity index (χ1n) is 11.8. The van der Waals surface area contributed by atoms with Gasteiger partial charge in [-0.25, -0.2) is 0 Å². The van der Waals surface area contributed by atoms with Crippen LogP contribution in [0.5, 0.6) is 0 Å². The van der Waals surface area contributed by atoms with E-state index in [9.17, 15) is 4.79 Å². The van der Waals surface area contributed by atoms with Gasteiger partial charge < -0.3 is 14.5 Å². The number of guanidine groups is 2. The van der Waals surface area contributed by atoms with Gasteiger partial charge in [-0.05, 0) is 24.8 Å². The maximum atomic E-state index is 13.1. The number of carbonyl (C=O) groups excluding carboxylic acids is 1. The molecule has 4 aliphatic heterocycles. The molecule has 0 aromatic heterocycles. The molecule has 0 spiro atoms. The number of rotatable bonds is 6. The number of quaternary nitrogens is 1. The van der Waals surface area contributed by atoms with Gasteiger partial charge in [0.15, 0.2) is 5.78 Å². The van der Waals surface area contributed by atoms with Crippen molar-refractivity contribution in [2.75, 3.05) is 73.1 Å². The molecule has 4 aliphatic rings. The zero-order chi connectivity index (χ0) is 22.8. The standard InChI is InChI=1S/C24H34N7O2/c1-28(2)9-6-12-31-18-20-16-29(15-19-7-4-3-5-8-19)17-21(32)22(20)25-24(31)26-23(27-31)30-10-13-33-14-11-30/h3-5,7-8H,6,9-18H2,1-2H3,(H,25,26,27)/q+1. The van der Waals surface area contributed by atoms with Crippen LogP contribution in [-0.2, 0) is 16.1 Å². The van der Waals surface area contributed by atoms with E-state index >= 15 is 0 Å². The van der Waals surface area contributed by atoms with Crippen LogP contribution in [0.15, 0.2) is 51.7 Å². The minimum absolute atomic E-state index is 0.140. The second kappa shape index (κ2) is 9.34. The highest BCUT2D eigenvalue weighted by molar-refractivity contribution is 6.04. The fourth-order valence-electron chi connectivity index (χ4n) is 5.00. The molecule has 1 N–H and O–H groups in total. The lowest BCUT2D eigenvalue weighted by Crippen LogP contribution is -2.61. The van der Waals surface area contributed by atoms with Crippen molar-refractivity contribution in [3.05, 3.63) is 47.2 Å². The van der Waals surface area contributed by atoms with Gasteiger partial charge in [0.05, 0.1) is 25.5 Å². The molecule has 0 radical (unpaired) electrons. The minimum atomic E-state index is 0.140. The molecule has 9 heteroatoms. The average molecular weight is 453 g/mol. The van der Waals surface area contributed by atoms with E-state index in [1.807, 2.05) is 18.2 Å². The van der Waals surface area contributed by atoms with Gasteiger partial charge in [-0.1, -0.05) is 30.3 Å². The summed E-state index contributed by atoms with van der Waals surface area (Å²) >= 11 is 0. The Balaban J connectivity index is 1.39. The van der Waals surface area contributed by atoms with Gasteiger partial charge in [0.25, 0.3) is 5.96 Å². The maximum absolute atomic E-state index is 13.1. The van der Waals surface area contributed by atoms with E-state index in [0.717, 1.165) is 68.9 Å². The van der Waals surface area contributed by atoms with Crippen LogP contribution in [0.2, 0.25) is 0 Å². The van der Waals surface area contributed by atoms with Gasteiger partial charge in [0, 0.05) is 44.7 Å². The summed E-state index contributed by atoms with van der Waals surface area (Å²) in [6, 6.07) is 10.4. The number of Topliss-reactive ketones (excluding diaryl/α,β-unsaturated/α-hetero) is 1. The summed E-state index contributed by atoms with van der Waals surface area (Å²) in [6.07, 6.45) is 0.998. The summed E-state index contributed by atoms with van der Waals surface area (Å²) in [7, 11) is 4.19. The van der Waals surface area contributed by atoms with Crippen LogP contribution < -0.4 is 5.32 Å². The molecule has 0 bridgehead atoms. The van der Waals surface area contributed by atoms with Crippen LogP contribution in [0.3, 0.4) is 0 Å². The lowest BCUT2D eigenvalue weighted by Gasteiger charge is -2.39. The number of ketones is 1. The molecular formula is C24H34N7O2+. The number of aliphatic imine (C=N–C) groups is 1. The number of hydrogen-bond acceptors (Lipinski definition) is 8. The van der Waals surface area contributed by atoms with Crippen molar-refractivity contribution < 1.29 is 14.1 Å². The first-order valence-corrected chi connectivity index (χ1v) is 11.8. The second-order valence-electron chi connectivity index (χ2n) is 9.55. The number of carbonyl (C=O) groups is 1. The molecule has 1 fully saturated rings.